The molecule has 5 nitrogen and oxygen atoms in total. The molecule has 24 heavy (non-hydrogen) atoms. The van der Waals surface area contributed by atoms with Gasteiger partial charge in [-0.2, -0.15) is 0 Å². The summed E-state index contributed by atoms with van der Waals surface area (Å²) in [6.07, 6.45) is -0.0945. The Balaban J connectivity index is 0.00000208. The third-order valence-corrected chi connectivity index (χ3v) is 5.06. The van der Waals surface area contributed by atoms with E-state index in [1.165, 1.54) is 7.11 Å². The van der Waals surface area contributed by atoms with Gasteiger partial charge in [-0.15, -0.1) is 23.7 Å². The summed E-state index contributed by atoms with van der Waals surface area (Å²) in [6.45, 7) is 1.54. The Hall–Kier alpha value is -1.47. The number of halogens is 2. The molecule has 1 aromatic carbocycles. The van der Waals surface area contributed by atoms with Crippen LogP contribution in [0.15, 0.2) is 29.6 Å². The van der Waals surface area contributed by atoms with Gasteiger partial charge in [-0.3, -0.25) is 4.79 Å². The lowest BCUT2D eigenvalue weighted by Gasteiger charge is -2.33. The predicted molar refractivity (Wildman–Crippen MR) is 98.6 cm³/mol. The molecule has 3 rings (SSSR count). The first-order chi connectivity index (χ1) is 11.1. The Labute approximate surface area is 155 Å². The van der Waals surface area contributed by atoms with Crippen molar-refractivity contribution in [2.24, 2.45) is 0 Å². The molecule has 1 aliphatic heterocycles. The Morgan fingerprint density at radius 3 is 2.96 bits per heavy atom. The zero-order valence-corrected chi connectivity index (χ0v) is 15.4. The Bertz CT molecular complexity index is 710. The van der Waals surface area contributed by atoms with Gasteiger partial charge >= 0.3 is 0 Å². The smallest absolute Gasteiger partial charge is 0.257 e. The number of anilines is 1. The molecule has 1 atom stereocenters. The number of ether oxygens (including phenoxy) is 2. The van der Waals surface area contributed by atoms with Crippen molar-refractivity contribution in [3.63, 3.8) is 0 Å². The second-order valence-corrected chi connectivity index (χ2v) is 6.59. The van der Waals surface area contributed by atoms with Crippen molar-refractivity contribution >= 4 is 46.9 Å². The molecule has 1 aliphatic rings. The minimum Gasteiger partial charge on any atom is -0.496 e. The van der Waals surface area contributed by atoms with Crippen LogP contribution in [-0.2, 0) is 4.74 Å². The van der Waals surface area contributed by atoms with Crippen LogP contribution in [0, 0.1) is 0 Å². The largest absolute Gasteiger partial charge is 0.496 e. The van der Waals surface area contributed by atoms with Crippen LogP contribution in [0.5, 0.6) is 5.75 Å². The number of nitrogens with two attached hydrogens (primary N) is 1. The molecule has 1 fully saturated rings. The Kier molecular flexibility index (Phi) is 6.34. The summed E-state index contributed by atoms with van der Waals surface area (Å²) >= 11 is 7.69. The van der Waals surface area contributed by atoms with Gasteiger partial charge in [0.25, 0.3) is 5.91 Å². The van der Waals surface area contributed by atoms with E-state index in [-0.39, 0.29) is 24.4 Å². The third-order valence-electron chi connectivity index (χ3n) is 3.76. The second kappa shape index (κ2) is 8.07. The van der Waals surface area contributed by atoms with E-state index in [9.17, 15) is 4.79 Å². The van der Waals surface area contributed by atoms with Crippen molar-refractivity contribution in [2.45, 2.75) is 6.10 Å². The summed E-state index contributed by atoms with van der Waals surface area (Å²) in [5.41, 5.74) is 6.58. The van der Waals surface area contributed by atoms with Crippen LogP contribution in [-0.4, -0.2) is 37.6 Å². The number of hydrogen-bond donors (Lipinski definition) is 1. The minimum atomic E-state index is -0.131. The van der Waals surface area contributed by atoms with Gasteiger partial charge in [0.2, 0.25) is 0 Å². The fourth-order valence-corrected chi connectivity index (χ4v) is 3.49. The van der Waals surface area contributed by atoms with Crippen molar-refractivity contribution < 1.29 is 14.3 Å². The van der Waals surface area contributed by atoms with Crippen LogP contribution in [0.1, 0.15) is 21.3 Å². The fourth-order valence-electron chi connectivity index (χ4n) is 2.56. The van der Waals surface area contributed by atoms with Crippen molar-refractivity contribution in [1.82, 2.24) is 4.90 Å². The van der Waals surface area contributed by atoms with Gasteiger partial charge in [-0.05, 0) is 17.5 Å². The number of carbonyl (C=O) groups excluding carboxylic acids is 1. The summed E-state index contributed by atoms with van der Waals surface area (Å²) in [7, 11) is 1.51. The van der Waals surface area contributed by atoms with Crippen LogP contribution >= 0.6 is 35.3 Å². The number of hydrogen-bond acceptors (Lipinski definition) is 5. The SMILES string of the molecule is COc1cc(N)c(Cl)cc1C(=O)N1CCOC(c2cccs2)C1.Cl. The molecule has 1 amide bonds. The van der Waals surface area contributed by atoms with Gasteiger partial charge in [0, 0.05) is 17.5 Å². The number of thiophene rings is 1. The maximum atomic E-state index is 12.9. The highest BCUT2D eigenvalue weighted by Gasteiger charge is 2.28. The number of methoxy groups -OCH3 is 1. The van der Waals surface area contributed by atoms with Crippen LogP contribution < -0.4 is 10.5 Å². The number of rotatable bonds is 3. The molecule has 2 heterocycles. The first-order valence-electron chi connectivity index (χ1n) is 7.17. The molecule has 130 valence electrons. The van der Waals surface area contributed by atoms with E-state index in [2.05, 4.69) is 0 Å². The van der Waals surface area contributed by atoms with Crippen LogP contribution in [0.25, 0.3) is 0 Å². The molecule has 1 saturated heterocycles. The van der Waals surface area contributed by atoms with Gasteiger partial charge in [0.15, 0.2) is 0 Å². The van der Waals surface area contributed by atoms with E-state index >= 15 is 0 Å². The first kappa shape index (κ1) is 18.9. The molecule has 8 heteroatoms. The maximum Gasteiger partial charge on any atom is 0.257 e. The van der Waals surface area contributed by atoms with Gasteiger partial charge in [-0.25, -0.2) is 0 Å². The lowest BCUT2D eigenvalue weighted by molar-refractivity contribution is -0.0212. The third kappa shape index (κ3) is 3.78. The molecule has 0 radical (unpaired) electrons. The van der Waals surface area contributed by atoms with E-state index in [0.29, 0.717) is 41.7 Å². The van der Waals surface area contributed by atoms with E-state index in [1.807, 2.05) is 17.5 Å². The second-order valence-electron chi connectivity index (χ2n) is 5.20. The molecule has 0 bridgehead atoms. The van der Waals surface area contributed by atoms with Crippen molar-refractivity contribution in [2.75, 3.05) is 32.5 Å². The van der Waals surface area contributed by atoms with Crippen molar-refractivity contribution in [3.05, 3.63) is 45.1 Å². The average molecular weight is 389 g/mol. The summed E-state index contributed by atoms with van der Waals surface area (Å²) in [4.78, 5) is 15.7. The van der Waals surface area contributed by atoms with Crippen molar-refractivity contribution in [1.29, 1.82) is 0 Å². The molecular formula is C16H18Cl2N2O3S. The van der Waals surface area contributed by atoms with Gasteiger partial charge in [-0.1, -0.05) is 17.7 Å². The highest BCUT2D eigenvalue weighted by atomic mass is 35.5. The molecule has 2 N–H and O–H groups in total. The molecule has 0 spiro atoms. The topological polar surface area (TPSA) is 64.8 Å². The number of amides is 1. The Morgan fingerprint density at radius 1 is 1.50 bits per heavy atom. The number of nitrogens with zero attached hydrogens (tertiary/aromatic N) is 1. The van der Waals surface area contributed by atoms with Gasteiger partial charge in [0.1, 0.15) is 11.9 Å². The Morgan fingerprint density at radius 2 is 2.29 bits per heavy atom. The molecule has 2 aromatic rings. The van der Waals surface area contributed by atoms with Crippen molar-refractivity contribution in [3.8, 4) is 5.75 Å². The number of nitrogen functional groups attached to an aromatic ring is 1. The molecule has 1 unspecified atom stereocenters. The van der Waals surface area contributed by atoms with E-state index in [0.717, 1.165) is 4.88 Å². The fraction of sp³-hybridized carbons (Fsp3) is 0.312. The highest BCUT2D eigenvalue weighted by molar-refractivity contribution is 7.10. The van der Waals surface area contributed by atoms with Crippen LogP contribution in [0.2, 0.25) is 5.02 Å². The van der Waals surface area contributed by atoms with E-state index in [4.69, 9.17) is 26.8 Å². The maximum absolute atomic E-state index is 12.9. The minimum absolute atomic E-state index is 0. The van der Waals surface area contributed by atoms with Crippen LogP contribution in [0.4, 0.5) is 5.69 Å². The van der Waals surface area contributed by atoms with Gasteiger partial charge in [0.05, 0.1) is 36.5 Å². The number of morpholine rings is 1. The van der Waals surface area contributed by atoms with Gasteiger partial charge < -0.3 is 20.1 Å². The quantitative estimate of drug-likeness (QED) is 0.815. The normalized spacial score (nSPS) is 17.2. The summed E-state index contributed by atoms with van der Waals surface area (Å²) < 4.78 is 11.1. The van der Waals surface area contributed by atoms with E-state index in [1.54, 1.807) is 28.4 Å². The standard InChI is InChI=1S/C16H17ClN2O3S.ClH/c1-21-13-8-12(18)11(17)7-10(13)16(20)19-4-5-22-14(9-19)15-3-2-6-23-15;/h2-3,6-8,14H,4-5,9,18H2,1H3;1H. The molecule has 0 aliphatic carbocycles. The summed E-state index contributed by atoms with van der Waals surface area (Å²) in [6, 6.07) is 7.14. The lowest BCUT2D eigenvalue weighted by Crippen LogP contribution is -2.42. The summed E-state index contributed by atoms with van der Waals surface area (Å²) in [5.74, 6) is 0.296. The molecule has 1 aromatic heterocycles. The zero-order chi connectivity index (χ0) is 16.4. The lowest BCUT2D eigenvalue weighted by atomic mass is 10.1. The highest BCUT2D eigenvalue weighted by Crippen LogP contribution is 2.32. The number of carbonyl (C=O) groups is 1. The van der Waals surface area contributed by atoms with Crippen LogP contribution in [0.3, 0.4) is 0 Å². The first-order valence-corrected chi connectivity index (χ1v) is 8.43. The monoisotopic (exact) mass is 388 g/mol. The molecular weight excluding hydrogens is 371 g/mol. The average Bonchev–Trinajstić information content (AvgIpc) is 3.11. The predicted octanol–water partition coefficient (Wildman–Crippen LogP) is 3.63. The van der Waals surface area contributed by atoms with E-state index < -0.39 is 0 Å². The molecule has 0 saturated carbocycles. The number of benzene rings is 1. The summed E-state index contributed by atoms with van der Waals surface area (Å²) in [5, 5.41) is 2.35. The zero-order valence-electron chi connectivity index (χ0n) is 13.0.